The minimum atomic E-state index is -4.40. The quantitative estimate of drug-likeness (QED) is 0.754. The zero-order chi connectivity index (χ0) is 20.5. The summed E-state index contributed by atoms with van der Waals surface area (Å²) >= 11 is 6.05. The van der Waals surface area contributed by atoms with Crippen LogP contribution in [0.15, 0.2) is 46.2 Å². The lowest BCUT2D eigenvalue weighted by atomic mass is 10.2. The molecule has 1 aliphatic heterocycles. The summed E-state index contributed by atoms with van der Waals surface area (Å²) in [6.07, 6.45) is 2.39. The summed E-state index contributed by atoms with van der Waals surface area (Å²) in [5, 5.41) is -0.0542. The van der Waals surface area contributed by atoms with Crippen LogP contribution in [0.2, 0.25) is 5.02 Å². The summed E-state index contributed by atoms with van der Waals surface area (Å²) in [5.74, 6) is -2.18. The summed E-state index contributed by atoms with van der Waals surface area (Å²) in [6, 6.07) is 5.64. The maximum absolute atomic E-state index is 13.8. The van der Waals surface area contributed by atoms with Crippen LogP contribution in [0, 0.1) is 11.6 Å². The lowest BCUT2D eigenvalue weighted by Gasteiger charge is -2.26. The van der Waals surface area contributed by atoms with E-state index in [1.807, 2.05) is 0 Å². The van der Waals surface area contributed by atoms with Gasteiger partial charge in [0.15, 0.2) is 0 Å². The Morgan fingerprint density at radius 3 is 2.21 bits per heavy atom. The molecule has 1 N–H and O–H groups in total. The van der Waals surface area contributed by atoms with Gasteiger partial charge in [0, 0.05) is 19.2 Å². The zero-order valence-electron chi connectivity index (χ0n) is 14.5. The molecule has 1 fully saturated rings. The highest BCUT2D eigenvalue weighted by Crippen LogP contribution is 2.30. The van der Waals surface area contributed by atoms with Gasteiger partial charge in [-0.05, 0) is 43.2 Å². The summed E-state index contributed by atoms with van der Waals surface area (Å²) < 4.78 is 80.8. The van der Waals surface area contributed by atoms with Crippen LogP contribution in [0.4, 0.5) is 14.5 Å². The van der Waals surface area contributed by atoms with Crippen molar-refractivity contribution in [3.05, 3.63) is 53.1 Å². The Bertz CT molecular complexity index is 1100. The maximum atomic E-state index is 13.8. The van der Waals surface area contributed by atoms with E-state index >= 15 is 0 Å². The third-order valence-corrected chi connectivity index (χ3v) is 8.09. The third kappa shape index (κ3) is 4.29. The summed E-state index contributed by atoms with van der Waals surface area (Å²) in [4.78, 5) is -1.000. The highest BCUT2D eigenvalue weighted by molar-refractivity contribution is 7.92. The van der Waals surface area contributed by atoms with Gasteiger partial charge in [0.05, 0.1) is 10.7 Å². The van der Waals surface area contributed by atoms with E-state index in [0.29, 0.717) is 19.2 Å². The van der Waals surface area contributed by atoms with Gasteiger partial charge in [-0.15, -0.1) is 0 Å². The second kappa shape index (κ2) is 7.94. The van der Waals surface area contributed by atoms with Crippen LogP contribution in [-0.2, 0) is 20.0 Å². The number of nitrogens with one attached hydrogen (secondary N) is 1. The molecule has 2 aromatic carbocycles. The second-order valence-corrected chi connectivity index (χ2v) is 10.3. The fraction of sp³-hybridized carbons (Fsp3) is 0.294. The van der Waals surface area contributed by atoms with E-state index in [0.717, 1.165) is 37.5 Å². The Kier molecular flexibility index (Phi) is 5.95. The van der Waals surface area contributed by atoms with Crippen molar-refractivity contribution in [3.8, 4) is 0 Å². The molecule has 1 heterocycles. The van der Waals surface area contributed by atoms with Gasteiger partial charge in [-0.25, -0.2) is 25.6 Å². The van der Waals surface area contributed by atoms with E-state index in [4.69, 9.17) is 11.6 Å². The van der Waals surface area contributed by atoms with Crippen molar-refractivity contribution in [2.75, 3.05) is 17.8 Å². The molecule has 0 bridgehead atoms. The molecule has 0 aromatic heterocycles. The molecule has 152 valence electrons. The van der Waals surface area contributed by atoms with Crippen molar-refractivity contribution in [1.29, 1.82) is 0 Å². The van der Waals surface area contributed by atoms with Gasteiger partial charge in [0.1, 0.15) is 21.4 Å². The van der Waals surface area contributed by atoms with Crippen molar-refractivity contribution in [1.82, 2.24) is 4.31 Å². The van der Waals surface area contributed by atoms with Crippen LogP contribution >= 0.6 is 11.6 Å². The number of benzene rings is 2. The Balaban J connectivity index is 1.95. The van der Waals surface area contributed by atoms with Gasteiger partial charge in [0.2, 0.25) is 10.0 Å². The van der Waals surface area contributed by atoms with Crippen LogP contribution in [0.1, 0.15) is 19.3 Å². The van der Waals surface area contributed by atoms with Crippen LogP contribution in [0.3, 0.4) is 0 Å². The first kappa shape index (κ1) is 21.0. The Hall–Kier alpha value is -1.75. The maximum Gasteiger partial charge on any atom is 0.264 e. The van der Waals surface area contributed by atoms with Gasteiger partial charge in [-0.1, -0.05) is 18.0 Å². The minimum absolute atomic E-state index is 0.0542. The van der Waals surface area contributed by atoms with Gasteiger partial charge in [0.25, 0.3) is 10.0 Å². The molecule has 28 heavy (non-hydrogen) atoms. The highest BCUT2D eigenvalue weighted by Gasteiger charge is 2.29. The molecule has 0 atom stereocenters. The summed E-state index contributed by atoms with van der Waals surface area (Å²) in [7, 11) is -8.31. The molecule has 6 nitrogen and oxygen atoms in total. The Labute approximate surface area is 167 Å². The normalized spacial score (nSPS) is 16.1. The van der Waals surface area contributed by atoms with E-state index in [2.05, 4.69) is 4.72 Å². The number of nitrogens with zero attached hydrogens (tertiary/aromatic N) is 1. The molecular formula is C17H17ClF2N2O4S2. The van der Waals surface area contributed by atoms with Crippen LogP contribution < -0.4 is 4.72 Å². The molecule has 0 saturated carbocycles. The number of rotatable bonds is 5. The zero-order valence-corrected chi connectivity index (χ0v) is 16.9. The number of hydrogen-bond donors (Lipinski definition) is 1. The van der Waals surface area contributed by atoms with Gasteiger partial charge in [-0.3, -0.25) is 4.72 Å². The molecular weight excluding hydrogens is 434 g/mol. The SMILES string of the molecule is O=S(=O)(Nc1ccc(Cl)c(S(=O)(=O)N2CCCCC2)c1)c1ccc(F)cc1F. The van der Waals surface area contributed by atoms with Crippen molar-refractivity contribution in [2.45, 2.75) is 29.1 Å². The van der Waals surface area contributed by atoms with E-state index in [1.54, 1.807) is 0 Å². The molecule has 1 aliphatic rings. The van der Waals surface area contributed by atoms with E-state index in [1.165, 1.54) is 16.4 Å². The second-order valence-electron chi connectivity index (χ2n) is 6.29. The third-order valence-electron chi connectivity index (χ3n) is 4.30. The number of anilines is 1. The summed E-state index contributed by atoms with van der Waals surface area (Å²) in [5.41, 5.74) is -0.108. The van der Waals surface area contributed by atoms with Crippen molar-refractivity contribution >= 4 is 37.3 Å². The number of hydrogen-bond acceptors (Lipinski definition) is 4. The molecule has 2 aromatic rings. The molecule has 0 amide bonds. The lowest BCUT2D eigenvalue weighted by Crippen LogP contribution is -2.35. The van der Waals surface area contributed by atoms with Gasteiger partial charge < -0.3 is 0 Å². The van der Waals surface area contributed by atoms with Crippen LogP contribution in [0.5, 0.6) is 0 Å². The average molecular weight is 451 g/mol. The van der Waals surface area contributed by atoms with Crippen molar-refractivity contribution < 1.29 is 25.6 Å². The number of sulfonamides is 2. The molecule has 0 unspecified atom stereocenters. The monoisotopic (exact) mass is 450 g/mol. The molecule has 0 radical (unpaired) electrons. The average Bonchev–Trinajstić information content (AvgIpc) is 2.63. The number of halogens is 3. The standard InChI is InChI=1S/C17H17ClF2N2O4S2/c18-14-6-5-13(11-17(14)28(25,26)22-8-2-1-3-9-22)21-27(23,24)16-7-4-12(19)10-15(16)20/h4-7,10-11,21H,1-3,8-9H2. The molecule has 0 aliphatic carbocycles. The molecule has 1 saturated heterocycles. The predicted molar refractivity (Wildman–Crippen MR) is 101 cm³/mol. The highest BCUT2D eigenvalue weighted by atomic mass is 35.5. The Morgan fingerprint density at radius 1 is 0.893 bits per heavy atom. The predicted octanol–water partition coefficient (Wildman–Crippen LogP) is 3.59. The summed E-state index contributed by atoms with van der Waals surface area (Å²) in [6.45, 7) is 0.713. The van der Waals surface area contributed by atoms with Crippen LogP contribution in [0.25, 0.3) is 0 Å². The van der Waals surface area contributed by atoms with Gasteiger partial charge in [-0.2, -0.15) is 4.31 Å². The fourth-order valence-corrected chi connectivity index (χ4v) is 6.04. The fourth-order valence-electron chi connectivity index (χ4n) is 2.91. The largest absolute Gasteiger partial charge is 0.279 e. The Morgan fingerprint density at radius 2 is 1.57 bits per heavy atom. The van der Waals surface area contributed by atoms with E-state index in [-0.39, 0.29) is 15.6 Å². The minimum Gasteiger partial charge on any atom is -0.279 e. The topological polar surface area (TPSA) is 83.5 Å². The molecule has 3 rings (SSSR count). The van der Waals surface area contributed by atoms with Crippen molar-refractivity contribution in [2.24, 2.45) is 0 Å². The van der Waals surface area contributed by atoms with Crippen LogP contribution in [-0.4, -0.2) is 34.2 Å². The lowest BCUT2D eigenvalue weighted by molar-refractivity contribution is 0.346. The number of piperidine rings is 1. The first-order chi connectivity index (χ1) is 13.1. The van der Waals surface area contributed by atoms with Crippen molar-refractivity contribution in [3.63, 3.8) is 0 Å². The molecule has 0 spiro atoms. The van der Waals surface area contributed by atoms with E-state index in [9.17, 15) is 25.6 Å². The first-order valence-electron chi connectivity index (χ1n) is 8.39. The molecule has 11 heteroatoms. The van der Waals surface area contributed by atoms with E-state index < -0.39 is 36.6 Å². The smallest absolute Gasteiger partial charge is 0.264 e. The first-order valence-corrected chi connectivity index (χ1v) is 11.7. The van der Waals surface area contributed by atoms with Gasteiger partial charge >= 0.3 is 0 Å².